The van der Waals surface area contributed by atoms with Crippen LogP contribution in [0.5, 0.6) is 0 Å². The van der Waals surface area contributed by atoms with Gasteiger partial charge < -0.3 is 25.0 Å². The van der Waals surface area contributed by atoms with Crippen molar-refractivity contribution < 1.29 is 32.6 Å². The van der Waals surface area contributed by atoms with Crippen molar-refractivity contribution in [2.24, 2.45) is 0 Å². The number of benzene rings is 1. The minimum atomic E-state index is -4.57. The predicted octanol–water partition coefficient (Wildman–Crippen LogP) is 3.81. The van der Waals surface area contributed by atoms with Gasteiger partial charge in [0.1, 0.15) is 35.1 Å². The Morgan fingerprint density at radius 1 is 1.17 bits per heavy atom. The Morgan fingerprint density at radius 2 is 1.95 bits per heavy atom. The van der Waals surface area contributed by atoms with Gasteiger partial charge in [-0.2, -0.15) is 13.2 Å². The zero-order chi connectivity index (χ0) is 29.9. The molecule has 4 aromatic rings. The standard InChI is InChI=1S/C28H26F3N7O4/c1-14-13-42-20(12-38(14)27(41)15(2)39)24-35-22-18-5-4-16(10-19(18)36(3)25-23(22)37(24)9-8-33-25)26(40)34-21-11-17(6-7-32-21)28(29,30)31/h4-11,14-15,20,39H,12-13H2,1-3H3,(H,32,34,40). The number of nitrogens with one attached hydrogen (secondary N) is 1. The maximum Gasteiger partial charge on any atom is 0.416 e. The molecule has 0 spiro atoms. The summed E-state index contributed by atoms with van der Waals surface area (Å²) in [7, 11) is 1.79. The molecule has 1 fully saturated rings. The van der Waals surface area contributed by atoms with E-state index in [1.807, 2.05) is 11.3 Å². The Hall–Kier alpha value is -4.56. The Labute approximate surface area is 237 Å². The monoisotopic (exact) mass is 581 g/mol. The number of aliphatic hydroxyl groups is 1. The number of rotatable bonds is 4. The molecule has 0 radical (unpaired) electrons. The highest BCUT2D eigenvalue weighted by Crippen LogP contribution is 2.45. The third-order valence-electron chi connectivity index (χ3n) is 7.45. The summed E-state index contributed by atoms with van der Waals surface area (Å²) >= 11 is 0. The van der Waals surface area contributed by atoms with Gasteiger partial charge in [0.15, 0.2) is 5.82 Å². The number of anilines is 3. The molecule has 3 aromatic heterocycles. The number of halogens is 3. The van der Waals surface area contributed by atoms with Crippen molar-refractivity contribution in [2.45, 2.75) is 38.3 Å². The number of hydrogen-bond donors (Lipinski definition) is 2. The topological polar surface area (TPSA) is 125 Å². The lowest BCUT2D eigenvalue weighted by molar-refractivity contribution is -0.152. The van der Waals surface area contributed by atoms with Gasteiger partial charge in [0.25, 0.3) is 11.8 Å². The molecule has 2 aliphatic heterocycles. The quantitative estimate of drug-likeness (QED) is 0.373. The van der Waals surface area contributed by atoms with Crippen LogP contribution in [0.2, 0.25) is 0 Å². The second-order valence-corrected chi connectivity index (χ2v) is 10.3. The summed E-state index contributed by atoms with van der Waals surface area (Å²) < 4.78 is 47.3. The first kappa shape index (κ1) is 27.6. The third kappa shape index (κ3) is 4.61. The normalized spacial score (nSPS) is 19.0. The molecule has 0 bridgehead atoms. The van der Waals surface area contributed by atoms with E-state index in [1.54, 1.807) is 47.4 Å². The number of imidazole rings is 1. The van der Waals surface area contributed by atoms with Crippen molar-refractivity contribution in [3.05, 3.63) is 65.9 Å². The molecule has 6 rings (SSSR count). The molecule has 1 saturated heterocycles. The van der Waals surface area contributed by atoms with Crippen molar-refractivity contribution in [2.75, 3.05) is 30.4 Å². The van der Waals surface area contributed by atoms with Crippen LogP contribution >= 0.6 is 0 Å². The summed E-state index contributed by atoms with van der Waals surface area (Å²) in [6.45, 7) is 3.75. The molecule has 3 atom stereocenters. The molecule has 42 heavy (non-hydrogen) atoms. The average Bonchev–Trinajstić information content (AvgIpc) is 3.35. The van der Waals surface area contributed by atoms with Crippen LogP contribution < -0.4 is 10.2 Å². The summed E-state index contributed by atoms with van der Waals surface area (Å²) in [6.07, 6.45) is -1.93. The number of alkyl halides is 3. The molecule has 2 amide bonds. The van der Waals surface area contributed by atoms with E-state index in [1.165, 1.54) is 6.92 Å². The van der Waals surface area contributed by atoms with E-state index in [4.69, 9.17) is 9.72 Å². The molecule has 2 aliphatic rings. The van der Waals surface area contributed by atoms with E-state index in [0.717, 1.165) is 18.3 Å². The molecule has 0 aliphatic carbocycles. The van der Waals surface area contributed by atoms with E-state index < -0.39 is 29.9 Å². The molecular formula is C28H26F3N7O4. The average molecular weight is 582 g/mol. The summed E-state index contributed by atoms with van der Waals surface area (Å²) in [6, 6.07) is 6.27. The number of carbonyl (C=O) groups excluding carboxylic acids is 2. The Balaban J connectivity index is 1.35. The number of carbonyl (C=O) groups is 2. The van der Waals surface area contributed by atoms with Gasteiger partial charge in [-0.3, -0.25) is 14.0 Å². The first-order valence-corrected chi connectivity index (χ1v) is 13.1. The molecule has 11 nitrogen and oxygen atoms in total. The minimum Gasteiger partial charge on any atom is -0.384 e. The van der Waals surface area contributed by atoms with Gasteiger partial charge in [-0.1, -0.05) is 0 Å². The second-order valence-electron chi connectivity index (χ2n) is 10.3. The Morgan fingerprint density at radius 3 is 2.69 bits per heavy atom. The van der Waals surface area contributed by atoms with Crippen LogP contribution in [0, 0.1) is 0 Å². The summed E-state index contributed by atoms with van der Waals surface area (Å²) in [4.78, 5) is 42.3. The fourth-order valence-electron chi connectivity index (χ4n) is 5.30. The van der Waals surface area contributed by atoms with E-state index in [2.05, 4.69) is 15.3 Å². The predicted molar refractivity (Wildman–Crippen MR) is 145 cm³/mol. The van der Waals surface area contributed by atoms with Gasteiger partial charge in [0.05, 0.1) is 30.4 Å². The van der Waals surface area contributed by atoms with Crippen molar-refractivity contribution in [3.63, 3.8) is 0 Å². The highest BCUT2D eigenvalue weighted by molar-refractivity contribution is 6.07. The van der Waals surface area contributed by atoms with E-state index >= 15 is 0 Å². The zero-order valence-corrected chi connectivity index (χ0v) is 22.8. The lowest BCUT2D eigenvalue weighted by Crippen LogP contribution is -2.51. The number of aliphatic hydroxyl groups excluding tert-OH is 1. The highest BCUT2D eigenvalue weighted by Gasteiger charge is 2.37. The largest absolute Gasteiger partial charge is 0.416 e. The van der Waals surface area contributed by atoms with Gasteiger partial charge in [0.2, 0.25) is 0 Å². The number of ether oxygens (including phenoxy) is 1. The van der Waals surface area contributed by atoms with Crippen molar-refractivity contribution in [1.29, 1.82) is 0 Å². The van der Waals surface area contributed by atoms with Crippen molar-refractivity contribution in [1.82, 2.24) is 24.3 Å². The maximum absolute atomic E-state index is 13.1. The van der Waals surface area contributed by atoms with Gasteiger partial charge in [-0.25, -0.2) is 15.0 Å². The first-order valence-electron chi connectivity index (χ1n) is 13.1. The lowest BCUT2D eigenvalue weighted by Gasteiger charge is -2.38. The first-order chi connectivity index (χ1) is 19.9. The lowest BCUT2D eigenvalue weighted by atomic mass is 10.0. The summed E-state index contributed by atoms with van der Waals surface area (Å²) in [5.74, 6) is -0.124. The van der Waals surface area contributed by atoms with E-state index in [0.29, 0.717) is 34.1 Å². The van der Waals surface area contributed by atoms with Crippen LogP contribution in [-0.2, 0) is 15.7 Å². The van der Waals surface area contributed by atoms with Gasteiger partial charge in [0, 0.05) is 36.8 Å². The molecule has 14 heteroatoms. The molecule has 3 unspecified atom stereocenters. The van der Waals surface area contributed by atoms with Gasteiger partial charge in [-0.05, 0) is 44.2 Å². The number of pyridine rings is 1. The van der Waals surface area contributed by atoms with Crippen molar-refractivity contribution in [3.8, 4) is 11.3 Å². The third-order valence-corrected chi connectivity index (χ3v) is 7.45. The molecular weight excluding hydrogens is 555 g/mol. The van der Waals surface area contributed by atoms with E-state index in [-0.39, 0.29) is 36.5 Å². The van der Waals surface area contributed by atoms with Crippen LogP contribution in [0.25, 0.3) is 16.8 Å². The van der Waals surface area contributed by atoms with Crippen LogP contribution in [0.15, 0.2) is 48.9 Å². The molecule has 2 N–H and O–H groups in total. The van der Waals surface area contributed by atoms with E-state index in [9.17, 15) is 27.9 Å². The number of aromatic nitrogens is 4. The highest BCUT2D eigenvalue weighted by atomic mass is 19.4. The fourth-order valence-corrected chi connectivity index (χ4v) is 5.30. The number of fused-ring (bicyclic) bond motifs is 2. The Kier molecular flexibility index (Phi) is 6.61. The SMILES string of the molecule is CC(O)C(=O)N1CC(c2nc3c4c(nccn24)N(C)c2cc(C(=O)Nc4cc(C(F)(F)F)ccn4)ccc2-3)OCC1C. The van der Waals surface area contributed by atoms with Crippen LogP contribution in [0.4, 0.5) is 30.5 Å². The number of hydrogen-bond acceptors (Lipinski definition) is 8. The molecule has 218 valence electrons. The summed E-state index contributed by atoms with van der Waals surface area (Å²) in [5.41, 5.74) is 1.91. The Bertz CT molecular complexity index is 1720. The molecule has 5 heterocycles. The number of amides is 2. The zero-order valence-electron chi connectivity index (χ0n) is 22.8. The van der Waals surface area contributed by atoms with Crippen LogP contribution in [0.3, 0.4) is 0 Å². The smallest absolute Gasteiger partial charge is 0.384 e. The minimum absolute atomic E-state index is 0.201. The van der Waals surface area contributed by atoms with Crippen molar-refractivity contribution >= 4 is 34.7 Å². The fraction of sp³-hybridized carbons (Fsp3) is 0.321. The second kappa shape index (κ2) is 10.1. The molecule has 0 saturated carbocycles. The number of nitrogens with zero attached hydrogens (tertiary/aromatic N) is 6. The van der Waals surface area contributed by atoms with Gasteiger partial charge in [-0.15, -0.1) is 0 Å². The van der Waals surface area contributed by atoms with Gasteiger partial charge >= 0.3 is 6.18 Å². The van der Waals surface area contributed by atoms with Crippen LogP contribution in [-0.4, -0.2) is 73.5 Å². The number of morpholine rings is 1. The van der Waals surface area contributed by atoms with Crippen LogP contribution in [0.1, 0.15) is 41.7 Å². The maximum atomic E-state index is 13.1. The molecule has 1 aromatic carbocycles. The summed E-state index contributed by atoms with van der Waals surface area (Å²) in [5, 5.41) is 12.3.